The molecule has 4 atom stereocenters. The summed E-state index contributed by atoms with van der Waals surface area (Å²) in [5, 5.41) is 3.77. The standard InChI is InChI=1S/C18H36N2O/c1-4-7-15-9-10-17(19-5-2)18(12-15)20-11-6-8-16(13-20)14-21-3/h15-19H,4-14H2,1-3H3. The maximum Gasteiger partial charge on any atom is 0.0502 e. The van der Waals surface area contributed by atoms with Crippen LogP contribution in [-0.4, -0.2) is 50.3 Å². The van der Waals surface area contributed by atoms with E-state index in [0.29, 0.717) is 6.04 Å². The minimum atomic E-state index is 0.712. The molecule has 1 heterocycles. The second-order valence-corrected chi connectivity index (χ2v) is 7.16. The molecule has 2 fully saturated rings. The van der Waals surface area contributed by atoms with E-state index < -0.39 is 0 Å². The summed E-state index contributed by atoms with van der Waals surface area (Å²) in [5.74, 6) is 1.70. The van der Waals surface area contributed by atoms with Crippen molar-refractivity contribution < 1.29 is 4.74 Å². The first-order valence-corrected chi connectivity index (χ1v) is 9.24. The van der Waals surface area contributed by atoms with Gasteiger partial charge in [0.15, 0.2) is 0 Å². The molecule has 1 N–H and O–H groups in total. The van der Waals surface area contributed by atoms with E-state index in [9.17, 15) is 0 Å². The fraction of sp³-hybridized carbons (Fsp3) is 1.00. The highest BCUT2D eigenvalue weighted by Gasteiger charge is 2.35. The molecule has 4 unspecified atom stereocenters. The van der Waals surface area contributed by atoms with Crippen molar-refractivity contribution >= 4 is 0 Å². The molecule has 0 aromatic rings. The number of nitrogens with one attached hydrogen (secondary N) is 1. The Hall–Kier alpha value is -0.120. The number of hydrogen-bond donors (Lipinski definition) is 1. The lowest BCUT2D eigenvalue weighted by molar-refractivity contribution is 0.0330. The zero-order valence-electron chi connectivity index (χ0n) is 14.4. The van der Waals surface area contributed by atoms with Crippen molar-refractivity contribution in [2.45, 2.75) is 70.9 Å². The number of nitrogens with zero attached hydrogens (tertiary/aromatic N) is 1. The third-order valence-corrected chi connectivity index (χ3v) is 5.51. The van der Waals surface area contributed by atoms with E-state index in [1.54, 1.807) is 0 Å². The van der Waals surface area contributed by atoms with Crippen molar-refractivity contribution in [3.63, 3.8) is 0 Å². The number of ether oxygens (including phenoxy) is 1. The first kappa shape index (κ1) is 17.2. The number of rotatable bonds is 7. The molecule has 1 saturated carbocycles. The van der Waals surface area contributed by atoms with Crippen LogP contribution in [0.3, 0.4) is 0 Å². The van der Waals surface area contributed by atoms with Gasteiger partial charge >= 0.3 is 0 Å². The Bertz CT molecular complexity index is 282. The predicted molar refractivity (Wildman–Crippen MR) is 89.7 cm³/mol. The predicted octanol–water partition coefficient (Wildman–Crippen LogP) is 3.29. The molecule has 0 aromatic heterocycles. The normalized spacial score (nSPS) is 35.0. The van der Waals surface area contributed by atoms with E-state index in [4.69, 9.17) is 4.74 Å². The molecule has 21 heavy (non-hydrogen) atoms. The van der Waals surface area contributed by atoms with Crippen molar-refractivity contribution in [2.75, 3.05) is 33.4 Å². The van der Waals surface area contributed by atoms with Gasteiger partial charge in [-0.3, -0.25) is 4.90 Å². The monoisotopic (exact) mass is 296 g/mol. The molecule has 3 nitrogen and oxygen atoms in total. The van der Waals surface area contributed by atoms with Gasteiger partial charge in [0.1, 0.15) is 0 Å². The smallest absolute Gasteiger partial charge is 0.0502 e. The average molecular weight is 296 g/mol. The topological polar surface area (TPSA) is 24.5 Å². The molecule has 2 rings (SSSR count). The fourth-order valence-electron chi connectivity index (χ4n) is 4.58. The summed E-state index contributed by atoms with van der Waals surface area (Å²) in [7, 11) is 1.85. The van der Waals surface area contributed by atoms with Crippen LogP contribution in [0, 0.1) is 11.8 Å². The molecule has 124 valence electrons. The van der Waals surface area contributed by atoms with Crippen molar-refractivity contribution in [3.05, 3.63) is 0 Å². The highest BCUT2D eigenvalue weighted by atomic mass is 16.5. The van der Waals surface area contributed by atoms with E-state index in [1.807, 2.05) is 7.11 Å². The zero-order chi connectivity index (χ0) is 15.1. The van der Waals surface area contributed by atoms with Crippen LogP contribution in [0.15, 0.2) is 0 Å². The maximum absolute atomic E-state index is 5.41. The van der Waals surface area contributed by atoms with E-state index in [-0.39, 0.29) is 0 Å². The Morgan fingerprint density at radius 3 is 2.71 bits per heavy atom. The first-order chi connectivity index (χ1) is 10.3. The van der Waals surface area contributed by atoms with Crippen LogP contribution >= 0.6 is 0 Å². The van der Waals surface area contributed by atoms with Gasteiger partial charge in [0.25, 0.3) is 0 Å². The molecule has 0 amide bonds. The Morgan fingerprint density at radius 2 is 2.00 bits per heavy atom. The highest BCUT2D eigenvalue weighted by Crippen LogP contribution is 2.33. The quantitative estimate of drug-likeness (QED) is 0.780. The summed E-state index contributed by atoms with van der Waals surface area (Å²) in [6, 6.07) is 1.47. The van der Waals surface area contributed by atoms with Crippen LogP contribution in [0.25, 0.3) is 0 Å². The lowest BCUT2D eigenvalue weighted by atomic mass is 9.78. The summed E-state index contributed by atoms with van der Waals surface area (Å²) in [5.41, 5.74) is 0. The van der Waals surface area contributed by atoms with E-state index in [2.05, 4.69) is 24.1 Å². The molecule has 1 saturated heterocycles. The number of likely N-dealkylation sites (tertiary alicyclic amines) is 1. The number of methoxy groups -OCH3 is 1. The Kier molecular flexibility index (Phi) is 7.48. The van der Waals surface area contributed by atoms with Crippen LogP contribution in [-0.2, 0) is 4.74 Å². The van der Waals surface area contributed by atoms with Crippen molar-refractivity contribution in [1.82, 2.24) is 10.2 Å². The third kappa shape index (κ3) is 4.94. The second-order valence-electron chi connectivity index (χ2n) is 7.16. The second kappa shape index (κ2) is 9.12. The lowest BCUT2D eigenvalue weighted by Gasteiger charge is -2.46. The zero-order valence-corrected chi connectivity index (χ0v) is 14.4. The number of likely N-dealkylation sites (N-methyl/N-ethyl adjacent to an activating group) is 1. The highest BCUT2D eigenvalue weighted by molar-refractivity contribution is 4.92. The van der Waals surface area contributed by atoms with Crippen molar-refractivity contribution in [3.8, 4) is 0 Å². The van der Waals surface area contributed by atoms with E-state index >= 15 is 0 Å². The van der Waals surface area contributed by atoms with Crippen LogP contribution in [0.5, 0.6) is 0 Å². The molecular formula is C18H36N2O. The fourth-order valence-corrected chi connectivity index (χ4v) is 4.58. The Labute approximate surface area is 131 Å². The Morgan fingerprint density at radius 1 is 1.14 bits per heavy atom. The van der Waals surface area contributed by atoms with Crippen LogP contribution in [0.2, 0.25) is 0 Å². The summed E-state index contributed by atoms with van der Waals surface area (Å²) in [4.78, 5) is 2.79. The minimum absolute atomic E-state index is 0.712. The van der Waals surface area contributed by atoms with Crippen molar-refractivity contribution in [2.24, 2.45) is 11.8 Å². The van der Waals surface area contributed by atoms with Gasteiger partial charge in [-0.2, -0.15) is 0 Å². The van der Waals surface area contributed by atoms with E-state index in [1.165, 1.54) is 58.0 Å². The first-order valence-electron chi connectivity index (χ1n) is 9.24. The largest absolute Gasteiger partial charge is 0.384 e. The Balaban J connectivity index is 1.96. The minimum Gasteiger partial charge on any atom is -0.384 e. The number of hydrogen-bond acceptors (Lipinski definition) is 3. The number of piperidine rings is 1. The SMILES string of the molecule is CCCC1CCC(NCC)C(N2CCCC(COC)C2)C1. The summed E-state index contributed by atoms with van der Waals surface area (Å²) >= 11 is 0. The summed E-state index contributed by atoms with van der Waals surface area (Å²) in [6.07, 6.45) is 9.67. The molecule has 1 aliphatic heterocycles. The van der Waals surface area contributed by atoms with Gasteiger partial charge in [-0.25, -0.2) is 0 Å². The summed E-state index contributed by atoms with van der Waals surface area (Å²) in [6.45, 7) is 9.17. The van der Waals surface area contributed by atoms with Crippen molar-refractivity contribution in [1.29, 1.82) is 0 Å². The van der Waals surface area contributed by atoms with Gasteiger partial charge in [-0.05, 0) is 57.0 Å². The average Bonchev–Trinajstić information content (AvgIpc) is 2.50. The van der Waals surface area contributed by atoms with Gasteiger partial charge in [0.05, 0.1) is 6.61 Å². The molecule has 0 spiro atoms. The molecule has 1 aliphatic carbocycles. The van der Waals surface area contributed by atoms with Gasteiger partial charge in [0.2, 0.25) is 0 Å². The van der Waals surface area contributed by atoms with Crippen LogP contribution in [0.1, 0.15) is 58.8 Å². The van der Waals surface area contributed by atoms with Gasteiger partial charge in [-0.15, -0.1) is 0 Å². The molecule has 0 radical (unpaired) electrons. The van der Waals surface area contributed by atoms with Crippen LogP contribution < -0.4 is 5.32 Å². The lowest BCUT2D eigenvalue weighted by Crippen LogP contribution is -2.56. The van der Waals surface area contributed by atoms with Crippen LogP contribution in [0.4, 0.5) is 0 Å². The van der Waals surface area contributed by atoms with Gasteiger partial charge < -0.3 is 10.1 Å². The molecule has 0 aromatic carbocycles. The third-order valence-electron chi connectivity index (χ3n) is 5.51. The molecule has 3 heteroatoms. The molecular weight excluding hydrogens is 260 g/mol. The van der Waals surface area contributed by atoms with Gasteiger partial charge in [0, 0.05) is 25.7 Å². The molecule has 2 aliphatic rings. The van der Waals surface area contributed by atoms with E-state index in [0.717, 1.165) is 31.0 Å². The maximum atomic E-state index is 5.41. The van der Waals surface area contributed by atoms with Gasteiger partial charge in [-0.1, -0.05) is 26.7 Å². The summed E-state index contributed by atoms with van der Waals surface area (Å²) < 4.78 is 5.41. The molecule has 0 bridgehead atoms.